The van der Waals surface area contributed by atoms with Crippen LogP contribution in [0.2, 0.25) is 0 Å². The van der Waals surface area contributed by atoms with E-state index in [4.69, 9.17) is 5.11 Å². The minimum absolute atomic E-state index is 0. The third kappa shape index (κ3) is 36.0. The fraction of sp³-hybridized carbons (Fsp3) is 0.706. The Balaban J connectivity index is -0.0000000561. The Morgan fingerprint density at radius 2 is 1.05 bits per heavy atom. The maximum atomic E-state index is 10.1. The van der Waals surface area contributed by atoms with Crippen molar-refractivity contribution >= 4 is 5.78 Å². The van der Waals surface area contributed by atoms with Crippen LogP contribution in [0.1, 0.15) is 77.6 Å². The predicted octanol–water partition coefficient (Wildman–Crippen LogP) is 4.89. The van der Waals surface area contributed by atoms with Crippen molar-refractivity contribution in [2.75, 3.05) is 0 Å². The molecule has 0 heterocycles. The number of ketones is 1. The van der Waals surface area contributed by atoms with E-state index in [1.54, 1.807) is 20.8 Å². The molecule has 3 nitrogen and oxygen atoms in total. The van der Waals surface area contributed by atoms with Crippen molar-refractivity contribution in [3.63, 3.8) is 0 Å². The molecular formula is C17H36O3. The zero-order valence-electron chi connectivity index (χ0n) is 16.3. The van der Waals surface area contributed by atoms with Crippen molar-refractivity contribution in [1.29, 1.82) is 0 Å². The summed E-state index contributed by atoms with van der Waals surface area (Å²) in [5.74, 6) is 1.07. The van der Waals surface area contributed by atoms with Crippen LogP contribution in [0.15, 0.2) is 22.7 Å². The molecule has 3 heteroatoms. The Morgan fingerprint density at radius 3 is 1.05 bits per heavy atom. The van der Waals surface area contributed by atoms with Gasteiger partial charge < -0.3 is 10.2 Å². The van der Waals surface area contributed by atoms with Gasteiger partial charge in [0.2, 0.25) is 0 Å². The Kier molecular flexibility index (Phi) is 24.1. The van der Waals surface area contributed by atoms with Crippen LogP contribution in [0.3, 0.4) is 0 Å². The average Bonchev–Trinajstić information content (AvgIpc) is 2.32. The highest BCUT2D eigenvalue weighted by atomic mass is 16.3. The predicted molar refractivity (Wildman–Crippen MR) is 88.7 cm³/mol. The van der Waals surface area contributed by atoms with Gasteiger partial charge in [-0.1, -0.05) is 40.2 Å². The van der Waals surface area contributed by atoms with Crippen LogP contribution < -0.4 is 5.11 Å². The number of hydrogen-bond acceptors (Lipinski definition) is 3. The molecule has 0 unspecified atom stereocenters. The number of hydrogen-bond donors (Lipinski definition) is 1. The van der Waals surface area contributed by atoms with Gasteiger partial charge in [-0.25, -0.2) is 0 Å². The second-order valence-electron chi connectivity index (χ2n) is 4.91. The monoisotopic (exact) mass is 288 g/mol. The fourth-order valence-corrected chi connectivity index (χ4v) is 0. The molecule has 20 heavy (non-hydrogen) atoms. The van der Waals surface area contributed by atoms with Crippen molar-refractivity contribution in [3.05, 3.63) is 22.7 Å². The molecule has 0 spiro atoms. The van der Waals surface area contributed by atoms with Gasteiger partial charge in [-0.3, -0.25) is 4.79 Å². The summed E-state index contributed by atoms with van der Waals surface area (Å²) < 4.78 is 0. The molecule has 0 radical (unpaired) electrons. The average molecular weight is 288 g/mol. The van der Waals surface area contributed by atoms with Gasteiger partial charge in [0.15, 0.2) is 0 Å². The number of rotatable bonds is 1. The van der Waals surface area contributed by atoms with Crippen molar-refractivity contribution in [2.45, 2.75) is 76.2 Å². The normalized spacial score (nSPS) is 7.80. The molecule has 0 saturated heterocycles. The van der Waals surface area contributed by atoms with E-state index >= 15 is 0 Å². The largest absolute Gasteiger partial charge is 1.00 e. The molecule has 0 aromatic carbocycles. The molecular weight excluding hydrogens is 252 g/mol. The first-order chi connectivity index (χ1) is 8.93. The highest BCUT2D eigenvalue weighted by Crippen LogP contribution is 1.93. The van der Waals surface area contributed by atoms with E-state index in [0.717, 1.165) is 11.1 Å². The van der Waals surface area contributed by atoms with Crippen LogP contribution in [-0.2, 0) is 4.79 Å². The van der Waals surface area contributed by atoms with E-state index in [1.807, 2.05) is 55.4 Å². The van der Waals surface area contributed by atoms with Crippen molar-refractivity contribution in [2.24, 2.45) is 5.92 Å². The lowest BCUT2D eigenvalue weighted by Gasteiger charge is -2.03. The van der Waals surface area contributed by atoms with Gasteiger partial charge in [-0.05, 0) is 47.1 Å². The van der Waals surface area contributed by atoms with Gasteiger partial charge in [0.05, 0.1) is 5.76 Å². The van der Waals surface area contributed by atoms with Crippen LogP contribution in [0.25, 0.3) is 0 Å². The summed E-state index contributed by atoms with van der Waals surface area (Å²) in [6, 6.07) is 0. The molecule has 0 aromatic heterocycles. The fourth-order valence-electron chi connectivity index (χ4n) is 0. The molecule has 0 bridgehead atoms. The summed E-state index contributed by atoms with van der Waals surface area (Å²) in [5.41, 5.74) is 1.85. The zero-order valence-corrected chi connectivity index (χ0v) is 15.3. The number of carbonyl (C=O) groups excluding carboxylic acids is 1. The highest BCUT2D eigenvalue weighted by molar-refractivity contribution is 5.77. The molecule has 122 valence electrons. The summed E-state index contributed by atoms with van der Waals surface area (Å²) in [6.45, 7) is 20.0. The van der Waals surface area contributed by atoms with E-state index in [1.165, 1.54) is 0 Å². The lowest BCUT2D eigenvalue weighted by Crippen LogP contribution is -1.98. The van der Waals surface area contributed by atoms with Gasteiger partial charge in [0, 0.05) is 5.92 Å². The first kappa shape index (κ1) is 27.2. The van der Waals surface area contributed by atoms with Gasteiger partial charge in [-0.15, -0.1) is 5.76 Å². The quantitative estimate of drug-likeness (QED) is 0.699. The van der Waals surface area contributed by atoms with E-state index in [0.29, 0.717) is 5.76 Å². The maximum Gasteiger partial charge on any atom is 1.00 e. The smallest absolute Gasteiger partial charge is 0.876 e. The minimum atomic E-state index is 0. The third-order valence-corrected chi connectivity index (χ3v) is 2.24. The Bertz CT molecular complexity index is 245. The summed E-state index contributed by atoms with van der Waals surface area (Å²) in [4.78, 5) is 10.1. The Morgan fingerprint density at radius 1 is 0.900 bits per heavy atom. The maximum absolute atomic E-state index is 10.1. The Hall–Kier alpha value is -1.25. The molecule has 0 atom stereocenters. The molecule has 1 N–H and O–H groups in total. The van der Waals surface area contributed by atoms with Crippen molar-refractivity contribution in [1.82, 2.24) is 0 Å². The molecule has 0 aliphatic rings. The van der Waals surface area contributed by atoms with E-state index < -0.39 is 0 Å². The summed E-state index contributed by atoms with van der Waals surface area (Å²) in [6.07, 6.45) is 0. The van der Waals surface area contributed by atoms with E-state index in [9.17, 15) is 9.90 Å². The lowest BCUT2D eigenvalue weighted by atomic mass is 10.1. The number of Topliss-reactive ketones (excluding diaryl/α,β-unsaturated/α-hetero) is 1. The summed E-state index contributed by atoms with van der Waals surface area (Å²) in [7, 11) is 0. The van der Waals surface area contributed by atoms with Crippen LogP contribution >= 0.6 is 0 Å². The number of carbonyl (C=O) groups is 1. The summed E-state index contributed by atoms with van der Waals surface area (Å²) in [5, 5.41) is 18.6. The Labute approximate surface area is 127 Å². The van der Waals surface area contributed by atoms with Gasteiger partial charge in [0.25, 0.3) is 0 Å². The van der Waals surface area contributed by atoms with Crippen molar-refractivity contribution in [3.8, 4) is 0 Å². The molecule has 0 aliphatic carbocycles. The zero-order chi connectivity index (χ0) is 17.5. The van der Waals surface area contributed by atoms with Crippen LogP contribution in [0, 0.1) is 5.92 Å². The van der Waals surface area contributed by atoms with Crippen molar-refractivity contribution < 1.29 is 16.4 Å². The molecule has 0 aromatic rings. The van der Waals surface area contributed by atoms with Gasteiger partial charge >= 0.3 is 1.43 Å². The molecule has 0 amide bonds. The second-order valence-corrected chi connectivity index (χ2v) is 4.91. The molecule has 0 rings (SSSR count). The number of aliphatic hydroxyl groups excluding tert-OH is 1. The van der Waals surface area contributed by atoms with Crippen LogP contribution in [-0.4, -0.2) is 10.9 Å². The van der Waals surface area contributed by atoms with E-state index in [-0.39, 0.29) is 18.9 Å². The van der Waals surface area contributed by atoms with E-state index in [2.05, 4.69) is 0 Å². The SMILES string of the molecule is CC.CC(=O)C(C)C.CC(C)=C(C)O.CC(C)=C(C)[O-].[H+]. The molecule has 0 aliphatic heterocycles. The topological polar surface area (TPSA) is 60.4 Å². The second kappa shape index (κ2) is 17.8. The van der Waals surface area contributed by atoms with Gasteiger partial charge in [0.1, 0.15) is 5.78 Å². The standard InChI is InChI=1S/3C5H10O.C2H6/c3*1-4(2)5(3)6;1-2/h2*6H,1-3H3;4H,1-3H3;1-2H3. The molecule has 0 fully saturated rings. The lowest BCUT2D eigenvalue weighted by molar-refractivity contribution is -0.303. The van der Waals surface area contributed by atoms with Crippen LogP contribution in [0.4, 0.5) is 0 Å². The number of aliphatic hydroxyl groups is 1. The first-order valence-corrected chi connectivity index (χ1v) is 7.08. The number of allylic oxidation sites excluding steroid dienone is 4. The summed E-state index contributed by atoms with van der Waals surface area (Å²) >= 11 is 0. The van der Waals surface area contributed by atoms with Gasteiger partial charge in [-0.2, -0.15) is 0 Å². The molecule has 0 saturated carbocycles. The minimum Gasteiger partial charge on any atom is -0.876 e. The highest BCUT2D eigenvalue weighted by Gasteiger charge is 1.95. The van der Waals surface area contributed by atoms with Crippen LogP contribution in [0.5, 0.6) is 0 Å². The third-order valence-electron chi connectivity index (χ3n) is 2.24. The first-order valence-electron chi connectivity index (χ1n) is 7.08.